The molecule has 5 aromatic rings. The summed E-state index contributed by atoms with van der Waals surface area (Å²) in [6, 6.07) is 24.4. The van der Waals surface area contributed by atoms with Crippen molar-refractivity contribution in [1.82, 2.24) is 14.1 Å². The third-order valence-corrected chi connectivity index (χ3v) is 5.36. The average Bonchev–Trinajstić information content (AvgIpc) is 3.18. The Morgan fingerprint density at radius 2 is 1.26 bits per heavy atom. The number of aliphatic hydroxyl groups is 1. The van der Waals surface area contributed by atoms with Crippen LogP contribution in [0.5, 0.6) is 0 Å². The van der Waals surface area contributed by atoms with Crippen molar-refractivity contribution in [3.63, 3.8) is 0 Å². The highest BCUT2D eigenvalue weighted by Crippen LogP contribution is 2.29. The Labute approximate surface area is 161 Å². The van der Waals surface area contributed by atoms with Crippen LogP contribution in [0.2, 0.25) is 5.28 Å². The van der Waals surface area contributed by atoms with Crippen LogP contribution in [0, 0.1) is 0 Å². The number of nitrogens with zero attached hydrogens (tertiary/aromatic N) is 3. The molecule has 1 atom stereocenters. The largest absolute Gasteiger partial charge is 0.389 e. The molecule has 0 saturated heterocycles. The van der Waals surface area contributed by atoms with Crippen LogP contribution in [0.4, 0.5) is 0 Å². The molecule has 0 aliphatic heterocycles. The first-order chi connectivity index (χ1) is 13.2. The fraction of sp³-hybridized carbons (Fsp3) is 0.136. The van der Waals surface area contributed by atoms with E-state index >= 15 is 0 Å². The van der Waals surface area contributed by atoms with Gasteiger partial charge in [-0.2, -0.15) is 0 Å². The quantitative estimate of drug-likeness (QED) is 0.487. The van der Waals surface area contributed by atoms with Gasteiger partial charge in [0.1, 0.15) is 0 Å². The number of hydrogen-bond acceptors (Lipinski definition) is 2. The number of fused-ring (bicyclic) bond motifs is 4. The number of aliphatic hydroxyl groups excluding tert-OH is 1. The van der Waals surface area contributed by atoms with Crippen LogP contribution in [0.15, 0.2) is 72.8 Å². The number of rotatable bonds is 4. The Balaban J connectivity index is 1.54. The molecule has 27 heavy (non-hydrogen) atoms. The number of hydrogen-bond donors (Lipinski definition) is 1. The minimum absolute atomic E-state index is 0.389. The van der Waals surface area contributed by atoms with E-state index in [1.165, 1.54) is 10.8 Å². The van der Waals surface area contributed by atoms with Crippen molar-refractivity contribution in [2.75, 3.05) is 0 Å². The fourth-order valence-corrected chi connectivity index (χ4v) is 4.15. The molecule has 0 aliphatic rings. The topological polar surface area (TPSA) is 43.0 Å². The third kappa shape index (κ3) is 2.69. The third-order valence-electron chi connectivity index (χ3n) is 5.07. The molecular weight excluding hydrogens is 358 g/mol. The first kappa shape index (κ1) is 16.4. The van der Waals surface area contributed by atoms with E-state index in [0.717, 1.165) is 22.1 Å². The van der Waals surface area contributed by atoms with E-state index in [1.54, 1.807) is 0 Å². The standard InChI is InChI=1S/C22H18ClN3O/c23-22-24-18-9-3-6-12-21(18)26(22)14-15(27)13-25-19-10-4-1-7-16(19)17-8-2-5-11-20(17)25/h1-12,15,27H,13-14H2. The summed E-state index contributed by atoms with van der Waals surface area (Å²) in [5.41, 5.74) is 4.02. The first-order valence-corrected chi connectivity index (χ1v) is 9.35. The minimum atomic E-state index is -0.598. The maximum atomic E-state index is 10.9. The van der Waals surface area contributed by atoms with E-state index < -0.39 is 6.10 Å². The summed E-state index contributed by atoms with van der Waals surface area (Å²) >= 11 is 6.32. The van der Waals surface area contributed by atoms with Gasteiger partial charge in [0.05, 0.1) is 30.2 Å². The van der Waals surface area contributed by atoms with Crippen molar-refractivity contribution in [3.05, 3.63) is 78.1 Å². The Morgan fingerprint density at radius 1 is 0.741 bits per heavy atom. The zero-order valence-electron chi connectivity index (χ0n) is 14.6. The van der Waals surface area contributed by atoms with E-state index in [-0.39, 0.29) is 0 Å². The number of imidazole rings is 1. The van der Waals surface area contributed by atoms with E-state index in [9.17, 15) is 5.11 Å². The lowest BCUT2D eigenvalue weighted by Crippen LogP contribution is -2.22. The monoisotopic (exact) mass is 375 g/mol. The molecule has 1 N–H and O–H groups in total. The fourth-order valence-electron chi connectivity index (χ4n) is 3.90. The molecule has 0 radical (unpaired) electrons. The normalized spacial score (nSPS) is 13.0. The maximum absolute atomic E-state index is 10.9. The van der Waals surface area contributed by atoms with Crippen LogP contribution >= 0.6 is 11.6 Å². The van der Waals surface area contributed by atoms with Gasteiger partial charge in [0.15, 0.2) is 0 Å². The predicted octanol–water partition coefficient (Wildman–Crippen LogP) is 4.86. The van der Waals surface area contributed by atoms with Gasteiger partial charge in [-0.15, -0.1) is 0 Å². The SMILES string of the molecule is OC(Cn1c(Cl)nc2ccccc21)Cn1c2ccccc2c2ccccc21. The Kier molecular flexibility index (Phi) is 3.88. The highest BCUT2D eigenvalue weighted by atomic mass is 35.5. The summed E-state index contributed by atoms with van der Waals surface area (Å²) in [6.45, 7) is 0.872. The zero-order valence-corrected chi connectivity index (χ0v) is 15.3. The lowest BCUT2D eigenvalue weighted by atomic mass is 10.2. The van der Waals surface area contributed by atoms with Crippen LogP contribution in [0.25, 0.3) is 32.8 Å². The van der Waals surface area contributed by atoms with Gasteiger partial charge in [-0.05, 0) is 35.9 Å². The van der Waals surface area contributed by atoms with E-state index in [1.807, 2.05) is 53.1 Å². The van der Waals surface area contributed by atoms with Gasteiger partial charge < -0.3 is 14.2 Å². The molecule has 3 aromatic carbocycles. The Hall–Kier alpha value is -2.82. The van der Waals surface area contributed by atoms with Crippen LogP contribution in [-0.4, -0.2) is 25.3 Å². The highest BCUT2D eigenvalue weighted by Gasteiger charge is 2.16. The van der Waals surface area contributed by atoms with Gasteiger partial charge in [0, 0.05) is 21.8 Å². The Morgan fingerprint density at radius 3 is 1.93 bits per heavy atom. The smallest absolute Gasteiger partial charge is 0.203 e. The summed E-state index contributed by atoms with van der Waals surface area (Å²) in [7, 11) is 0. The van der Waals surface area contributed by atoms with Gasteiger partial charge in [0.25, 0.3) is 0 Å². The van der Waals surface area contributed by atoms with Gasteiger partial charge >= 0.3 is 0 Å². The molecular formula is C22H18ClN3O. The minimum Gasteiger partial charge on any atom is -0.389 e. The number of para-hydroxylation sites is 4. The summed E-state index contributed by atoms with van der Waals surface area (Å²) in [5.74, 6) is 0. The van der Waals surface area contributed by atoms with Crippen LogP contribution in [0.1, 0.15) is 0 Å². The molecule has 2 heterocycles. The number of aromatic nitrogens is 3. The Bertz CT molecular complexity index is 1220. The van der Waals surface area contributed by atoms with Crippen molar-refractivity contribution in [2.45, 2.75) is 19.2 Å². The summed E-state index contributed by atoms with van der Waals surface area (Å²) in [6.07, 6.45) is -0.598. The molecule has 5 rings (SSSR count). The molecule has 0 saturated carbocycles. The molecule has 1 unspecified atom stereocenters. The van der Waals surface area contributed by atoms with Crippen molar-refractivity contribution in [3.8, 4) is 0 Å². The summed E-state index contributed by atoms with van der Waals surface area (Å²) < 4.78 is 4.05. The molecule has 0 fully saturated rings. The first-order valence-electron chi connectivity index (χ1n) is 8.97. The molecule has 2 aromatic heterocycles. The zero-order chi connectivity index (χ0) is 18.4. The van der Waals surface area contributed by atoms with Crippen LogP contribution in [-0.2, 0) is 13.1 Å². The predicted molar refractivity (Wildman–Crippen MR) is 110 cm³/mol. The van der Waals surface area contributed by atoms with Crippen molar-refractivity contribution in [2.24, 2.45) is 0 Å². The second-order valence-electron chi connectivity index (χ2n) is 6.78. The molecule has 4 nitrogen and oxygen atoms in total. The molecule has 0 amide bonds. The van der Waals surface area contributed by atoms with E-state index in [0.29, 0.717) is 18.4 Å². The van der Waals surface area contributed by atoms with E-state index in [4.69, 9.17) is 11.6 Å². The van der Waals surface area contributed by atoms with Gasteiger partial charge in [0.2, 0.25) is 5.28 Å². The van der Waals surface area contributed by atoms with Crippen LogP contribution in [0.3, 0.4) is 0 Å². The van der Waals surface area contributed by atoms with Gasteiger partial charge in [-0.1, -0.05) is 48.5 Å². The molecule has 0 aliphatic carbocycles. The van der Waals surface area contributed by atoms with Crippen molar-refractivity contribution in [1.29, 1.82) is 0 Å². The highest BCUT2D eigenvalue weighted by molar-refractivity contribution is 6.29. The van der Waals surface area contributed by atoms with E-state index in [2.05, 4.69) is 33.8 Å². The number of halogens is 1. The van der Waals surface area contributed by atoms with Crippen molar-refractivity contribution >= 4 is 44.4 Å². The molecule has 0 spiro atoms. The second kappa shape index (κ2) is 6.41. The lowest BCUT2D eigenvalue weighted by Gasteiger charge is -2.16. The van der Waals surface area contributed by atoms with Gasteiger partial charge in [-0.25, -0.2) is 4.98 Å². The maximum Gasteiger partial charge on any atom is 0.203 e. The van der Waals surface area contributed by atoms with Crippen molar-refractivity contribution < 1.29 is 5.11 Å². The molecule has 134 valence electrons. The molecule has 0 bridgehead atoms. The lowest BCUT2D eigenvalue weighted by molar-refractivity contribution is 0.138. The average molecular weight is 376 g/mol. The summed E-state index contributed by atoms with van der Waals surface area (Å²) in [4.78, 5) is 4.37. The molecule has 5 heteroatoms. The second-order valence-corrected chi connectivity index (χ2v) is 7.12. The van der Waals surface area contributed by atoms with Gasteiger partial charge in [-0.3, -0.25) is 0 Å². The summed E-state index contributed by atoms with van der Waals surface area (Å²) in [5, 5.41) is 13.7. The number of benzene rings is 3. The van der Waals surface area contributed by atoms with Crippen LogP contribution < -0.4 is 0 Å².